The fourth-order valence-electron chi connectivity index (χ4n) is 0.755. The summed E-state index contributed by atoms with van der Waals surface area (Å²) in [6, 6.07) is 2.03. The molecule has 1 rings (SSSR count). The molecule has 0 radical (unpaired) electrons. The highest BCUT2D eigenvalue weighted by Gasteiger charge is 1.89. The molecule has 0 atom stereocenters. The Bertz CT molecular complexity index is 291. The van der Waals surface area contributed by atoms with E-state index in [2.05, 4.69) is 4.98 Å². The molecule has 0 bridgehead atoms. The van der Waals surface area contributed by atoms with Crippen LogP contribution in [0.5, 0.6) is 0 Å². The predicted molar refractivity (Wildman–Crippen MR) is 42.5 cm³/mol. The molecule has 0 amide bonds. The van der Waals surface area contributed by atoms with Crippen molar-refractivity contribution in [2.75, 3.05) is 0 Å². The third-order valence-corrected chi connectivity index (χ3v) is 1.33. The van der Waals surface area contributed by atoms with Gasteiger partial charge in [0.25, 0.3) is 0 Å². The molecule has 3 nitrogen and oxygen atoms in total. The van der Waals surface area contributed by atoms with Crippen molar-refractivity contribution in [1.29, 1.82) is 5.26 Å². The third kappa shape index (κ3) is 1.94. The topological polar surface area (TPSA) is 41.6 Å². The van der Waals surface area contributed by atoms with Gasteiger partial charge in [-0.1, -0.05) is 6.08 Å². The van der Waals surface area contributed by atoms with Crippen molar-refractivity contribution in [3.63, 3.8) is 0 Å². The monoisotopic (exact) mass is 147 g/mol. The predicted octanol–water partition coefficient (Wildman–Crippen LogP) is 1.35. The highest BCUT2D eigenvalue weighted by Crippen LogP contribution is 1.97. The van der Waals surface area contributed by atoms with Gasteiger partial charge in [0.05, 0.1) is 12.5 Å². The van der Waals surface area contributed by atoms with Crippen LogP contribution in [0.25, 0.3) is 6.08 Å². The minimum atomic E-state index is 0.437. The van der Waals surface area contributed by atoms with Gasteiger partial charge >= 0.3 is 0 Å². The van der Waals surface area contributed by atoms with Crippen molar-refractivity contribution in [2.45, 2.75) is 6.42 Å². The second-order valence-electron chi connectivity index (χ2n) is 2.16. The first kappa shape index (κ1) is 7.55. The van der Waals surface area contributed by atoms with E-state index in [1.165, 1.54) is 0 Å². The zero-order chi connectivity index (χ0) is 8.10. The zero-order valence-corrected chi connectivity index (χ0v) is 6.36. The van der Waals surface area contributed by atoms with Crippen molar-refractivity contribution in [3.8, 4) is 6.07 Å². The molecule has 0 unspecified atom stereocenters. The Morgan fingerprint density at radius 3 is 3.18 bits per heavy atom. The van der Waals surface area contributed by atoms with E-state index in [1.807, 2.05) is 30.0 Å². The van der Waals surface area contributed by atoms with Gasteiger partial charge in [0.1, 0.15) is 5.82 Å². The largest absolute Gasteiger partial charge is 0.335 e. The lowest BCUT2D eigenvalue weighted by Crippen LogP contribution is -1.88. The van der Waals surface area contributed by atoms with E-state index in [9.17, 15) is 0 Å². The molecular formula is C8H9N3. The van der Waals surface area contributed by atoms with Crippen molar-refractivity contribution in [2.24, 2.45) is 7.05 Å². The van der Waals surface area contributed by atoms with Gasteiger partial charge in [-0.15, -0.1) is 0 Å². The molecule has 0 aliphatic rings. The Balaban J connectivity index is 2.65. The number of imidazole rings is 1. The highest BCUT2D eigenvalue weighted by atomic mass is 15.0. The van der Waals surface area contributed by atoms with Gasteiger partial charge in [-0.2, -0.15) is 5.26 Å². The van der Waals surface area contributed by atoms with Crippen molar-refractivity contribution >= 4 is 6.08 Å². The Morgan fingerprint density at radius 2 is 2.64 bits per heavy atom. The number of nitriles is 1. The molecule has 0 aliphatic heterocycles. The van der Waals surface area contributed by atoms with Crippen LogP contribution in [0.2, 0.25) is 0 Å². The average molecular weight is 147 g/mol. The molecule has 11 heavy (non-hydrogen) atoms. The van der Waals surface area contributed by atoms with E-state index in [0.29, 0.717) is 6.42 Å². The molecule has 0 spiro atoms. The van der Waals surface area contributed by atoms with Crippen LogP contribution in [-0.2, 0) is 7.05 Å². The third-order valence-electron chi connectivity index (χ3n) is 1.33. The Morgan fingerprint density at radius 1 is 1.82 bits per heavy atom. The summed E-state index contributed by atoms with van der Waals surface area (Å²) in [6.07, 6.45) is 7.66. The smallest absolute Gasteiger partial charge is 0.131 e. The van der Waals surface area contributed by atoms with Crippen LogP contribution in [0, 0.1) is 11.3 Å². The van der Waals surface area contributed by atoms with Crippen LogP contribution < -0.4 is 0 Å². The number of aryl methyl sites for hydroxylation is 1. The molecule has 1 heterocycles. The minimum absolute atomic E-state index is 0.437. The highest BCUT2D eigenvalue weighted by molar-refractivity contribution is 5.40. The van der Waals surface area contributed by atoms with E-state index in [-0.39, 0.29) is 0 Å². The van der Waals surface area contributed by atoms with Crippen LogP contribution in [0.3, 0.4) is 0 Å². The average Bonchev–Trinajstić information content (AvgIpc) is 2.37. The maximum absolute atomic E-state index is 8.24. The summed E-state index contributed by atoms with van der Waals surface area (Å²) in [6.45, 7) is 0. The number of allylic oxidation sites excluding steroid dienone is 1. The Hall–Kier alpha value is -1.56. The van der Waals surface area contributed by atoms with Crippen LogP contribution in [0.15, 0.2) is 18.5 Å². The first-order valence-electron chi connectivity index (χ1n) is 3.35. The fraction of sp³-hybridized carbons (Fsp3) is 0.250. The first-order chi connectivity index (χ1) is 5.34. The van der Waals surface area contributed by atoms with Crippen LogP contribution in [0.4, 0.5) is 0 Å². The van der Waals surface area contributed by atoms with Gasteiger partial charge < -0.3 is 4.57 Å². The molecule has 0 N–H and O–H groups in total. The SMILES string of the molecule is Cn1ccnc1C=CCC#N. The van der Waals surface area contributed by atoms with E-state index in [0.717, 1.165) is 5.82 Å². The molecule has 0 aliphatic carbocycles. The summed E-state index contributed by atoms with van der Waals surface area (Å²) < 4.78 is 1.90. The first-order valence-corrected chi connectivity index (χ1v) is 3.35. The molecule has 0 aromatic carbocycles. The lowest BCUT2D eigenvalue weighted by molar-refractivity contribution is 0.897. The van der Waals surface area contributed by atoms with Crippen molar-refractivity contribution < 1.29 is 0 Å². The molecular weight excluding hydrogens is 138 g/mol. The number of aromatic nitrogens is 2. The van der Waals surface area contributed by atoms with E-state index >= 15 is 0 Å². The Labute approximate surface area is 65.6 Å². The van der Waals surface area contributed by atoms with Gasteiger partial charge in [-0.25, -0.2) is 4.98 Å². The summed E-state index contributed by atoms with van der Waals surface area (Å²) in [4.78, 5) is 4.05. The van der Waals surface area contributed by atoms with E-state index in [1.54, 1.807) is 12.3 Å². The molecule has 0 saturated heterocycles. The van der Waals surface area contributed by atoms with Crippen LogP contribution >= 0.6 is 0 Å². The summed E-state index contributed by atoms with van der Waals surface area (Å²) in [5.74, 6) is 0.875. The van der Waals surface area contributed by atoms with Gasteiger partial charge in [-0.3, -0.25) is 0 Å². The maximum Gasteiger partial charge on any atom is 0.131 e. The van der Waals surface area contributed by atoms with Crippen molar-refractivity contribution in [1.82, 2.24) is 9.55 Å². The van der Waals surface area contributed by atoms with Gasteiger partial charge in [0, 0.05) is 19.4 Å². The number of hydrogen-bond acceptors (Lipinski definition) is 2. The normalized spacial score (nSPS) is 10.2. The number of nitrogens with zero attached hydrogens (tertiary/aromatic N) is 3. The molecule has 1 aromatic heterocycles. The van der Waals surface area contributed by atoms with E-state index < -0.39 is 0 Å². The minimum Gasteiger partial charge on any atom is -0.335 e. The summed E-state index contributed by atoms with van der Waals surface area (Å²) >= 11 is 0. The maximum atomic E-state index is 8.24. The zero-order valence-electron chi connectivity index (χ0n) is 6.36. The number of rotatable bonds is 2. The molecule has 0 fully saturated rings. The lowest BCUT2D eigenvalue weighted by Gasteiger charge is -1.91. The summed E-state index contributed by atoms with van der Waals surface area (Å²) in [5, 5.41) is 8.24. The molecule has 56 valence electrons. The van der Waals surface area contributed by atoms with Crippen LogP contribution in [-0.4, -0.2) is 9.55 Å². The van der Waals surface area contributed by atoms with Gasteiger partial charge in [0.2, 0.25) is 0 Å². The van der Waals surface area contributed by atoms with Crippen LogP contribution in [0.1, 0.15) is 12.2 Å². The second-order valence-corrected chi connectivity index (χ2v) is 2.16. The fourth-order valence-corrected chi connectivity index (χ4v) is 0.755. The van der Waals surface area contributed by atoms with Gasteiger partial charge in [-0.05, 0) is 6.08 Å². The van der Waals surface area contributed by atoms with E-state index in [4.69, 9.17) is 5.26 Å². The second kappa shape index (κ2) is 3.57. The molecule has 0 saturated carbocycles. The molecule has 3 heteroatoms. The Kier molecular flexibility index (Phi) is 2.45. The number of hydrogen-bond donors (Lipinski definition) is 0. The standard InChI is InChI=1S/C8H9N3/c1-11-7-6-10-8(11)4-2-3-5-9/h2,4,6-7H,3H2,1H3. The summed E-state index contributed by atoms with van der Waals surface area (Å²) in [7, 11) is 1.92. The quantitative estimate of drug-likeness (QED) is 0.633. The lowest BCUT2D eigenvalue weighted by atomic mass is 10.4. The molecule has 1 aromatic rings. The van der Waals surface area contributed by atoms with Crippen molar-refractivity contribution in [3.05, 3.63) is 24.3 Å². The van der Waals surface area contributed by atoms with Gasteiger partial charge in [0.15, 0.2) is 0 Å². The summed E-state index contributed by atoms with van der Waals surface area (Å²) in [5.41, 5.74) is 0.